The number of methoxy groups -OCH3 is 1. The van der Waals surface area contributed by atoms with Crippen molar-refractivity contribution >= 4 is 23.5 Å². The summed E-state index contributed by atoms with van der Waals surface area (Å²) in [6.07, 6.45) is 2.55. The molecule has 1 heterocycles. The number of carbonyl (C=O) groups excluding carboxylic acids is 2. The van der Waals surface area contributed by atoms with Crippen LogP contribution in [0.2, 0.25) is 0 Å². The second-order valence-corrected chi connectivity index (χ2v) is 5.87. The molecule has 148 valence electrons. The van der Waals surface area contributed by atoms with Gasteiger partial charge in [-0.1, -0.05) is 6.08 Å². The summed E-state index contributed by atoms with van der Waals surface area (Å²) in [6, 6.07) is 2.37. The monoisotopic (exact) mass is 387 g/mol. The minimum absolute atomic E-state index is 0.195. The number of aromatic nitrogens is 1. The number of nitrogens with zero attached hydrogens (tertiary/aromatic N) is 1. The molecule has 0 saturated heterocycles. The number of rotatable bonds is 7. The predicted molar refractivity (Wildman–Crippen MR) is 98.7 cm³/mol. The summed E-state index contributed by atoms with van der Waals surface area (Å²) in [5.41, 5.74) is 1.06. The van der Waals surface area contributed by atoms with Crippen LogP contribution in [0.3, 0.4) is 0 Å². The van der Waals surface area contributed by atoms with Gasteiger partial charge in [0.1, 0.15) is 11.4 Å². The highest BCUT2D eigenvalue weighted by atomic mass is 16.6. The van der Waals surface area contributed by atoms with E-state index in [0.717, 1.165) is 6.07 Å². The zero-order valence-electron chi connectivity index (χ0n) is 15.8. The van der Waals surface area contributed by atoms with E-state index in [1.807, 2.05) is 0 Å². The molecule has 1 N–H and O–H groups in total. The first kappa shape index (κ1) is 20.7. The summed E-state index contributed by atoms with van der Waals surface area (Å²) in [4.78, 5) is 37.6. The van der Waals surface area contributed by atoms with E-state index in [4.69, 9.17) is 9.47 Å². The van der Waals surface area contributed by atoms with Crippen LogP contribution < -0.4 is 9.84 Å². The third kappa shape index (κ3) is 4.03. The maximum Gasteiger partial charge on any atom is 0.355 e. The SMILES string of the molecule is CCOC(=O)c1[nH]c(C)c(C(=O)/C=C/c2cc(OC)c([O-])c([N+](=O)[O-])c2)c1C. The average Bonchev–Trinajstić information content (AvgIpc) is 2.94. The first-order valence-electron chi connectivity index (χ1n) is 8.33. The van der Waals surface area contributed by atoms with Gasteiger partial charge in [0.25, 0.3) is 5.69 Å². The lowest BCUT2D eigenvalue weighted by Gasteiger charge is -2.13. The Bertz CT molecular complexity index is 973. The summed E-state index contributed by atoms with van der Waals surface area (Å²) >= 11 is 0. The number of nitrogens with one attached hydrogen (secondary N) is 1. The number of benzene rings is 1. The van der Waals surface area contributed by atoms with Crippen LogP contribution in [0.1, 0.15) is 44.6 Å². The number of nitro groups is 1. The van der Waals surface area contributed by atoms with Gasteiger partial charge in [0, 0.05) is 23.1 Å². The van der Waals surface area contributed by atoms with Gasteiger partial charge >= 0.3 is 5.97 Å². The van der Waals surface area contributed by atoms with Crippen molar-refractivity contribution in [2.24, 2.45) is 0 Å². The van der Waals surface area contributed by atoms with Crippen LogP contribution in [0, 0.1) is 24.0 Å². The third-order valence-electron chi connectivity index (χ3n) is 4.06. The zero-order valence-corrected chi connectivity index (χ0v) is 15.8. The lowest BCUT2D eigenvalue weighted by atomic mass is 10.0. The topological polar surface area (TPSA) is 135 Å². The van der Waals surface area contributed by atoms with E-state index < -0.39 is 28.1 Å². The van der Waals surface area contributed by atoms with Gasteiger partial charge in [0.2, 0.25) is 0 Å². The Hall–Kier alpha value is -3.62. The first-order chi connectivity index (χ1) is 13.2. The lowest BCUT2D eigenvalue weighted by Crippen LogP contribution is -2.07. The fourth-order valence-electron chi connectivity index (χ4n) is 2.77. The van der Waals surface area contributed by atoms with Crippen molar-refractivity contribution in [3.05, 3.63) is 56.4 Å². The van der Waals surface area contributed by atoms with Gasteiger partial charge in [0.15, 0.2) is 5.78 Å². The molecule has 0 fully saturated rings. The van der Waals surface area contributed by atoms with Crippen LogP contribution in [0.4, 0.5) is 5.69 Å². The Morgan fingerprint density at radius 3 is 2.54 bits per heavy atom. The highest BCUT2D eigenvalue weighted by Crippen LogP contribution is 2.35. The van der Waals surface area contributed by atoms with Crippen molar-refractivity contribution in [2.45, 2.75) is 20.8 Å². The number of allylic oxidation sites excluding steroid dienone is 1. The maximum absolute atomic E-state index is 12.6. The standard InChI is InChI=1S/C19H20N2O7/c1-5-28-19(24)17-10(2)16(11(3)20-17)14(22)7-6-12-8-13(21(25)26)18(23)15(9-12)27-4/h6-9,20,23H,5H2,1-4H3/p-1/b7-6+. The Morgan fingerprint density at radius 1 is 1.29 bits per heavy atom. The smallest absolute Gasteiger partial charge is 0.355 e. The summed E-state index contributed by atoms with van der Waals surface area (Å²) in [5, 5.41) is 22.9. The van der Waals surface area contributed by atoms with Gasteiger partial charge in [0.05, 0.1) is 18.6 Å². The van der Waals surface area contributed by atoms with E-state index in [9.17, 15) is 24.8 Å². The minimum atomic E-state index is -0.840. The second-order valence-electron chi connectivity index (χ2n) is 5.87. The highest BCUT2D eigenvalue weighted by Gasteiger charge is 2.21. The van der Waals surface area contributed by atoms with Crippen LogP contribution in [0.15, 0.2) is 18.2 Å². The van der Waals surface area contributed by atoms with Gasteiger partial charge in [-0.2, -0.15) is 0 Å². The molecular formula is C19H19N2O7-. The molecular weight excluding hydrogens is 368 g/mol. The molecule has 0 atom stereocenters. The molecule has 0 bridgehead atoms. The molecule has 0 aliphatic heterocycles. The third-order valence-corrected chi connectivity index (χ3v) is 4.06. The fraction of sp³-hybridized carbons (Fsp3) is 0.263. The molecule has 0 aliphatic rings. The number of aromatic amines is 1. The average molecular weight is 387 g/mol. The summed E-state index contributed by atoms with van der Waals surface area (Å²) in [5.74, 6) is -2.00. The van der Waals surface area contributed by atoms with E-state index >= 15 is 0 Å². The van der Waals surface area contributed by atoms with Gasteiger partial charge < -0.3 is 19.6 Å². The molecule has 28 heavy (non-hydrogen) atoms. The van der Waals surface area contributed by atoms with Crippen molar-refractivity contribution in [2.75, 3.05) is 13.7 Å². The predicted octanol–water partition coefficient (Wildman–Crippen LogP) is 2.69. The number of carbonyl (C=O) groups is 2. The van der Waals surface area contributed by atoms with Gasteiger partial charge in [-0.05, 0) is 44.0 Å². The Labute approximate surface area is 160 Å². The molecule has 2 aromatic rings. The number of hydrogen-bond donors (Lipinski definition) is 1. The normalized spacial score (nSPS) is 10.9. The molecule has 9 nitrogen and oxygen atoms in total. The number of ketones is 1. The summed E-state index contributed by atoms with van der Waals surface area (Å²) in [6.45, 7) is 5.15. The lowest BCUT2D eigenvalue weighted by molar-refractivity contribution is -0.398. The zero-order chi connectivity index (χ0) is 21.0. The largest absolute Gasteiger partial charge is 0.865 e. The van der Waals surface area contributed by atoms with Gasteiger partial charge in [-0.15, -0.1) is 0 Å². The number of H-pyrrole nitrogens is 1. The van der Waals surface area contributed by atoms with Crippen LogP contribution >= 0.6 is 0 Å². The van der Waals surface area contributed by atoms with Crippen LogP contribution in [0.5, 0.6) is 11.5 Å². The van der Waals surface area contributed by atoms with Gasteiger partial charge in [-0.3, -0.25) is 14.9 Å². The first-order valence-corrected chi connectivity index (χ1v) is 8.33. The molecule has 2 rings (SSSR count). The van der Waals surface area contributed by atoms with Crippen molar-refractivity contribution in [1.82, 2.24) is 4.98 Å². The highest BCUT2D eigenvalue weighted by molar-refractivity contribution is 6.10. The number of ether oxygens (including phenoxy) is 2. The fourth-order valence-corrected chi connectivity index (χ4v) is 2.77. The molecule has 0 saturated carbocycles. The van der Waals surface area contributed by atoms with E-state index in [2.05, 4.69) is 4.98 Å². The van der Waals surface area contributed by atoms with Crippen molar-refractivity contribution < 1.29 is 29.1 Å². The number of nitro benzene ring substituents is 1. The Morgan fingerprint density at radius 2 is 1.96 bits per heavy atom. The van der Waals surface area contributed by atoms with E-state index in [1.54, 1.807) is 20.8 Å². The number of hydrogen-bond acceptors (Lipinski definition) is 7. The second kappa shape index (κ2) is 8.38. The van der Waals surface area contributed by atoms with Crippen molar-refractivity contribution in [3.63, 3.8) is 0 Å². The van der Waals surface area contributed by atoms with Crippen molar-refractivity contribution in [3.8, 4) is 11.5 Å². The van der Waals surface area contributed by atoms with E-state index in [-0.39, 0.29) is 23.6 Å². The molecule has 0 unspecified atom stereocenters. The van der Waals surface area contributed by atoms with Crippen LogP contribution in [-0.2, 0) is 4.74 Å². The molecule has 0 spiro atoms. The molecule has 1 aromatic carbocycles. The maximum atomic E-state index is 12.6. The van der Waals surface area contributed by atoms with Crippen molar-refractivity contribution in [1.29, 1.82) is 0 Å². The minimum Gasteiger partial charge on any atom is -0.865 e. The Balaban J connectivity index is 2.38. The molecule has 1 aromatic heterocycles. The Kier molecular flexibility index (Phi) is 6.19. The number of aryl methyl sites for hydroxylation is 1. The number of esters is 1. The van der Waals surface area contributed by atoms with E-state index in [0.29, 0.717) is 16.8 Å². The van der Waals surface area contributed by atoms with Crippen LogP contribution in [-0.4, -0.2) is 35.4 Å². The molecule has 9 heteroatoms. The van der Waals surface area contributed by atoms with E-state index in [1.165, 1.54) is 25.3 Å². The summed E-state index contributed by atoms with van der Waals surface area (Å²) < 4.78 is 9.82. The molecule has 0 radical (unpaired) electrons. The molecule has 0 aliphatic carbocycles. The van der Waals surface area contributed by atoms with Crippen LogP contribution in [0.25, 0.3) is 6.08 Å². The summed E-state index contributed by atoms with van der Waals surface area (Å²) in [7, 11) is 1.22. The quantitative estimate of drug-likeness (QED) is 0.254. The van der Waals surface area contributed by atoms with Gasteiger partial charge in [-0.25, -0.2) is 4.79 Å². The molecule has 0 amide bonds.